The Hall–Kier alpha value is -3.28. The first-order valence-corrected chi connectivity index (χ1v) is 12.2. The molecule has 0 heterocycles. The summed E-state index contributed by atoms with van der Waals surface area (Å²) in [5.74, 6) is -0.0940. The van der Waals surface area contributed by atoms with Crippen molar-refractivity contribution in [3.8, 4) is 0 Å². The highest BCUT2D eigenvalue weighted by Gasteiger charge is 2.30. The second kappa shape index (κ2) is 11.0. The van der Waals surface area contributed by atoms with Gasteiger partial charge in [0.1, 0.15) is 6.04 Å². The number of hydrogen-bond donors (Lipinski definition) is 1. The molecular formula is C29H31F3N2O. The SMILES string of the molecule is CNC(=O)[C@@H](c1ccccc1)N(CCCc1ccc(C(F)(F)F)cc1)c1ccc2c(c1)CCCC2. The van der Waals surface area contributed by atoms with E-state index in [-0.39, 0.29) is 5.91 Å². The summed E-state index contributed by atoms with van der Waals surface area (Å²) >= 11 is 0. The Bertz CT molecular complexity index is 1130. The predicted molar refractivity (Wildman–Crippen MR) is 133 cm³/mol. The maximum atomic E-state index is 13.1. The number of halogens is 3. The zero-order valence-electron chi connectivity index (χ0n) is 19.9. The van der Waals surface area contributed by atoms with Crippen LogP contribution in [-0.2, 0) is 30.2 Å². The molecule has 0 fully saturated rings. The number of benzene rings is 3. The summed E-state index contributed by atoms with van der Waals surface area (Å²) in [6.45, 7) is 0.590. The minimum Gasteiger partial charge on any atom is -0.357 e. The number of alkyl halides is 3. The lowest BCUT2D eigenvalue weighted by Gasteiger charge is -2.34. The van der Waals surface area contributed by atoms with Crippen molar-refractivity contribution in [2.24, 2.45) is 0 Å². The second-order valence-electron chi connectivity index (χ2n) is 9.08. The van der Waals surface area contributed by atoms with Crippen LogP contribution in [0.25, 0.3) is 0 Å². The molecule has 0 spiro atoms. The Morgan fingerprint density at radius 2 is 1.63 bits per heavy atom. The fourth-order valence-corrected chi connectivity index (χ4v) is 4.86. The van der Waals surface area contributed by atoms with Gasteiger partial charge in [0.2, 0.25) is 5.91 Å². The number of carbonyl (C=O) groups excluding carboxylic acids is 1. The van der Waals surface area contributed by atoms with Crippen LogP contribution in [0.2, 0.25) is 0 Å². The molecule has 0 radical (unpaired) electrons. The number of amides is 1. The number of rotatable bonds is 8. The van der Waals surface area contributed by atoms with Crippen molar-refractivity contribution in [2.45, 2.75) is 50.7 Å². The maximum absolute atomic E-state index is 13.1. The van der Waals surface area contributed by atoms with Gasteiger partial charge in [0.25, 0.3) is 0 Å². The van der Waals surface area contributed by atoms with Crippen LogP contribution in [0.4, 0.5) is 18.9 Å². The summed E-state index contributed by atoms with van der Waals surface area (Å²) in [7, 11) is 1.64. The van der Waals surface area contributed by atoms with Crippen molar-refractivity contribution in [1.82, 2.24) is 5.32 Å². The van der Waals surface area contributed by atoms with Crippen LogP contribution in [0.3, 0.4) is 0 Å². The van der Waals surface area contributed by atoms with Crippen LogP contribution >= 0.6 is 0 Å². The van der Waals surface area contributed by atoms with Crippen molar-refractivity contribution < 1.29 is 18.0 Å². The monoisotopic (exact) mass is 480 g/mol. The molecule has 184 valence electrons. The molecule has 1 aliphatic carbocycles. The molecule has 1 atom stereocenters. The van der Waals surface area contributed by atoms with E-state index in [2.05, 4.69) is 28.4 Å². The first kappa shape index (κ1) is 24.8. The van der Waals surface area contributed by atoms with Gasteiger partial charge in [-0.15, -0.1) is 0 Å². The minimum atomic E-state index is -4.34. The lowest BCUT2D eigenvalue weighted by atomic mass is 9.91. The Morgan fingerprint density at radius 3 is 2.29 bits per heavy atom. The number of fused-ring (bicyclic) bond motifs is 1. The van der Waals surface area contributed by atoms with E-state index >= 15 is 0 Å². The highest BCUT2D eigenvalue weighted by molar-refractivity contribution is 5.86. The maximum Gasteiger partial charge on any atom is 0.416 e. The Labute approximate surface area is 205 Å². The van der Waals surface area contributed by atoms with Crippen molar-refractivity contribution in [3.63, 3.8) is 0 Å². The summed E-state index contributed by atoms with van der Waals surface area (Å²) in [5, 5.41) is 2.82. The molecule has 0 saturated heterocycles. The molecule has 6 heteroatoms. The van der Waals surface area contributed by atoms with Crippen LogP contribution < -0.4 is 10.2 Å². The molecule has 4 rings (SSSR count). The van der Waals surface area contributed by atoms with E-state index in [1.54, 1.807) is 19.2 Å². The standard InChI is InChI=1S/C29H31F3N2O/c1-33-28(35)27(23-10-3-2-4-11-23)34(26-18-15-22-9-5-6-12-24(22)20-26)19-7-8-21-13-16-25(17-14-21)29(30,31)32/h2-4,10-11,13-18,20,27H,5-9,12,19H2,1H3,(H,33,35)/t27-/m1/s1. The first-order chi connectivity index (χ1) is 16.9. The van der Waals surface area contributed by atoms with E-state index in [9.17, 15) is 18.0 Å². The molecule has 1 N–H and O–H groups in total. The lowest BCUT2D eigenvalue weighted by Crippen LogP contribution is -2.40. The summed E-state index contributed by atoms with van der Waals surface area (Å²) in [5.41, 5.74) is 4.82. The molecule has 0 aromatic heterocycles. The average Bonchev–Trinajstić information content (AvgIpc) is 2.88. The lowest BCUT2D eigenvalue weighted by molar-refractivity contribution is -0.137. The van der Waals surface area contributed by atoms with Gasteiger partial charge in [-0.2, -0.15) is 13.2 Å². The van der Waals surface area contributed by atoms with E-state index < -0.39 is 17.8 Å². The van der Waals surface area contributed by atoms with Gasteiger partial charge < -0.3 is 10.2 Å². The van der Waals surface area contributed by atoms with E-state index in [0.717, 1.165) is 41.8 Å². The molecule has 0 bridgehead atoms. The van der Waals surface area contributed by atoms with Gasteiger partial charge in [-0.3, -0.25) is 4.79 Å². The third-order valence-electron chi connectivity index (χ3n) is 6.73. The molecule has 0 saturated carbocycles. The summed E-state index contributed by atoms with van der Waals surface area (Å²) < 4.78 is 38.7. The summed E-state index contributed by atoms with van der Waals surface area (Å²) in [4.78, 5) is 15.3. The van der Waals surface area contributed by atoms with Gasteiger partial charge in [0.15, 0.2) is 0 Å². The predicted octanol–water partition coefficient (Wildman–Crippen LogP) is 6.51. The zero-order valence-corrected chi connectivity index (χ0v) is 19.9. The largest absolute Gasteiger partial charge is 0.416 e. The molecule has 0 aliphatic heterocycles. The fourth-order valence-electron chi connectivity index (χ4n) is 4.86. The number of nitrogens with zero attached hydrogens (tertiary/aromatic N) is 1. The van der Waals surface area contributed by atoms with Crippen LogP contribution in [0.15, 0.2) is 72.8 Å². The van der Waals surface area contributed by atoms with Gasteiger partial charge in [-0.1, -0.05) is 48.5 Å². The highest BCUT2D eigenvalue weighted by Crippen LogP contribution is 2.33. The van der Waals surface area contributed by atoms with Crippen LogP contribution in [0.5, 0.6) is 0 Å². The summed E-state index contributed by atoms with van der Waals surface area (Å²) in [6.07, 6.45) is 1.48. The molecule has 0 unspecified atom stereocenters. The normalized spacial score (nSPS) is 14.2. The molecule has 3 aromatic carbocycles. The minimum absolute atomic E-state index is 0.0940. The molecule has 1 aliphatic rings. The Balaban J connectivity index is 1.60. The van der Waals surface area contributed by atoms with Crippen LogP contribution in [0, 0.1) is 0 Å². The van der Waals surface area contributed by atoms with Crippen molar-refractivity contribution >= 4 is 11.6 Å². The number of anilines is 1. The number of aryl methyl sites for hydroxylation is 3. The van der Waals surface area contributed by atoms with Crippen molar-refractivity contribution in [3.05, 3.63) is 101 Å². The van der Waals surface area contributed by atoms with Crippen LogP contribution in [-0.4, -0.2) is 19.5 Å². The topological polar surface area (TPSA) is 32.3 Å². The number of carbonyl (C=O) groups is 1. The molecular weight excluding hydrogens is 449 g/mol. The molecule has 3 nitrogen and oxygen atoms in total. The molecule has 1 amide bonds. The number of hydrogen-bond acceptors (Lipinski definition) is 2. The van der Waals surface area contributed by atoms with Gasteiger partial charge in [-0.25, -0.2) is 0 Å². The highest BCUT2D eigenvalue weighted by atomic mass is 19.4. The van der Waals surface area contributed by atoms with E-state index in [1.807, 2.05) is 30.3 Å². The van der Waals surface area contributed by atoms with Gasteiger partial charge in [0.05, 0.1) is 5.56 Å². The van der Waals surface area contributed by atoms with E-state index in [0.29, 0.717) is 19.4 Å². The van der Waals surface area contributed by atoms with E-state index in [1.165, 1.54) is 24.0 Å². The van der Waals surface area contributed by atoms with Gasteiger partial charge in [0, 0.05) is 19.3 Å². The molecule has 35 heavy (non-hydrogen) atoms. The van der Waals surface area contributed by atoms with Gasteiger partial charge >= 0.3 is 6.18 Å². The average molecular weight is 481 g/mol. The second-order valence-corrected chi connectivity index (χ2v) is 9.08. The zero-order chi connectivity index (χ0) is 24.8. The molecule has 3 aromatic rings. The van der Waals surface area contributed by atoms with Gasteiger partial charge in [-0.05, 0) is 85.0 Å². The van der Waals surface area contributed by atoms with Crippen molar-refractivity contribution in [2.75, 3.05) is 18.5 Å². The number of likely N-dealkylation sites (N-methyl/N-ethyl adjacent to an activating group) is 1. The van der Waals surface area contributed by atoms with E-state index in [4.69, 9.17) is 0 Å². The summed E-state index contributed by atoms with van der Waals surface area (Å²) in [6, 6.07) is 21.0. The quantitative estimate of drug-likeness (QED) is 0.399. The smallest absolute Gasteiger partial charge is 0.357 e. The third-order valence-corrected chi connectivity index (χ3v) is 6.73. The first-order valence-electron chi connectivity index (χ1n) is 12.2. The van der Waals surface area contributed by atoms with Crippen LogP contribution in [0.1, 0.15) is 53.1 Å². The Kier molecular flexibility index (Phi) is 7.79. The number of nitrogens with one attached hydrogen (secondary N) is 1. The Morgan fingerprint density at radius 1 is 0.943 bits per heavy atom. The van der Waals surface area contributed by atoms with Crippen molar-refractivity contribution in [1.29, 1.82) is 0 Å². The fraction of sp³-hybridized carbons (Fsp3) is 0.345. The third kappa shape index (κ3) is 6.05.